The average Bonchev–Trinajstić information content (AvgIpc) is 3.21. The third-order valence-corrected chi connectivity index (χ3v) is 6.36. The molecule has 0 unspecified atom stereocenters. The van der Waals surface area contributed by atoms with Gasteiger partial charge in [-0.25, -0.2) is 0 Å². The molecule has 0 fully saturated rings. The predicted molar refractivity (Wildman–Crippen MR) is 129 cm³/mol. The highest BCUT2D eigenvalue weighted by Crippen LogP contribution is 2.49. The number of rotatable bonds is 5. The van der Waals surface area contributed by atoms with E-state index in [0.717, 1.165) is 19.5 Å². The van der Waals surface area contributed by atoms with E-state index in [1.807, 2.05) is 0 Å². The Morgan fingerprint density at radius 1 is 0.567 bits per heavy atom. The van der Waals surface area contributed by atoms with E-state index in [0.29, 0.717) is 0 Å². The molecule has 0 saturated carbocycles. The Kier molecular flexibility index (Phi) is 4.88. The Hall–Kier alpha value is -3.32. The molecule has 0 aromatic heterocycles. The summed E-state index contributed by atoms with van der Waals surface area (Å²) in [6.07, 6.45) is 0.988. The van der Waals surface area contributed by atoms with E-state index < -0.39 is 0 Å². The van der Waals surface area contributed by atoms with E-state index in [4.69, 9.17) is 0 Å². The molecule has 0 heterocycles. The minimum Gasteiger partial charge on any atom is -0.372 e. The fraction of sp³-hybridized carbons (Fsp3) is 0.172. The highest BCUT2D eigenvalue weighted by molar-refractivity contribution is 5.96. The normalized spacial score (nSPS) is 11.8. The molecule has 1 heteroatoms. The van der Waals surface area contributed by atoms with Gasteiger partial charge in [-0.1, -0.05) is 84.9 Å². The molecule has 0 amide bonds. The van der Waals surface area contributed by atoms with Crippen LogP contribution < -0.4 is 4.90 Å². The highest BCUT2D eigenvalue weighted by Gasteiger charge is 2.28. The number of hydrogen-bond acceptors (Lipinski definition) is 1. The van der Waals surface area contributed by atoms with Crippen LogP contribution in [0.1, 0.15) is 25.0 Å². The first-order valence-electron chi connectivity index (χ1n) is 11.0. The predicted octanol–water partition coefficient (Wildman–Crippen LogP) is 7.44. The van der Waals surface area contributed by atoms with Crippen LogP contribution in [0.25, 0.3) is 33.4 Å². The van der Waals surface area contributed by atoms with Crippen molar-refractivity contribution < 1.29 is 0 Å². The van der Waals surface area contributed by atoms with Gasteiger partial charge in [0.1, 0.15) is 0 Å². The summed E-state index contributed by atoms with van der Waals surface area (Å²) in [5, 5.41) is 0. The molecule has 0 bridgehead atoms. The largest absolute Gasteiger partial charge is 0.372 e. The smallest absolute Gasteiger partial charge is 0.0408 e. The fourth-order valence-electron chi connectivity index (χ4n) is 4.92. The highest BCUT2D eigenvalue weighted by atomic mass is 15.1. The maximum atomic E-state index is 2.49. The van der Waals surface area contributed by atoms with Gasteiger partial charge in [0.2, 0.25) is 0 Å². The van der Waals surface area contributed by atoms with Crippen LogP contribution in [-0.4, -0.2) is 13.1 Å². The van der Waals surface area contributed by atoms with Gasteiger partial charge in [-0.2, -0.15) is 0 Å². The monoisotopic (exact) mass is 389 g/mol. The second-order valence-electron chi connectivity index (χ2n) is 7.90. The van der Waals surface area contributed by atoms with Crippen molar-refractivity contribution in [2.45, 2.75) is 20.3 Å². The van der Waals surface area contributed by atoms with Gasteiger partial charge in [0.25, 0.3) is 0 Å². The third-order valence-electron chi connectivity index (χ3n) is 6.36. The molecule has 1 aliphatic carbocycles. The van der Waals surface area contributed by atoms with Crippen molar-refractivity contribution >= 4 is 5.69 Å². The molecule has 0 N–H and O–H groups in total. The molecule has 4 aromatic carbocycles. The maximum Gasteiger partial charge on any atom is 0.0408 e. The van der Waals surface area contributed by atoms with E-state index in [2.05, 4.69) is 110 Å². The number of fused-ring (bicyclic) bond motifs is 3. The minimum absolute atomic E-state index is 0.988. The van der Waals surface area contributed by atoms with Crippen LogP contribution in [-0.2, 0) is 6.42 Å². The van der Waals surface area contributed by atoms with Gasteiger partial charge in [0.15, 0.2) is 0 Å². The van der Waals surface area contributed by atoms with E-state index in [1.54, 1.807) is 0 Å². The van der Waals surface area contributed by atoms with Crippen molar-refractivity contribution in [2.75, 3.05) is 18.0 Å². The molecule has 5 rings (SSSR count). The molecule has 0 atom stereocenters. The van der Waals surface area contributed by atoms with Gasteiger partial charge in [-0.05, 0) is 64.4 Å². The first-order valence-corrected chi connectivity index (χ1v) is 11.0. The molecule has 4 aromatic rings. The summed E-state index contributed by atoms with van der Waals surface area (Å²) in [5.41, 5.74) is 12.4. The van der Waals surface area contributed by atoms with Crippen LogP contribution >= 0.6 is 0 Å². The van der Waals surface area contributed by atoms with Gasteiger partial charge >= 0.3 is 0 Å². The number of nitrogens with zero attached hydrogens (tertiary/aromatic N) is 1. The Morgan fingerprint density at radius 2 is 1.17 bits per heavy atom. The lowest BCUT2D eigenvalue weighted by molar-refractivity contribution is 0.860. The van der Waals surface area contributed by atoms with Crippen molar-refractivity contribution in [3.63, 3.8) is 0 Å². The first-order chi connectivity index (χ1) is 14.8. The van der Waals surface area contributed by atoms with Crippen LogP contribution in [0.4, 0.5) is 5.69 Å². The molecule has 0 saturated heterocycles. The summed E-state index contributed by atoms with van der Waals surface area (Å²) in [7, 11) is 0. The van der Waals surface area contributed by atoms with Crippen molar-refractivity contribution in [3.8, 4) is 33.4 Å². The van der Waals surface area contributed by atoms with Gasteiger partial charge in [0.05, 0.1) is 0 Å². The molecule has 1 nitrogen and oxygen atoms in total. The lowest BCUT2D eigenvalue weighted by atomic mass is 9.92. The third kappa shape index (κ3) is 3.02. The van der Waals surface area contributed by atoms with Gasteiger partial charge in [0, 0.05) is 25.2 Å². The Morgan fingerprint density at radius 3 is 1.80 bits per heavy atom. The zero-order valence-electron chi connectivity index (χ0n) is 17.7. The maximum absolute atomic E-state index is 2.49. The Balaban J connectivity index is 1.77. The summed E-state index contributed by atoms with van der Waals surface area (Å²) < 4.78 is 0. The molecule has 0 radical (unpaired) electrons. The van der Waals surface area contributed by atoms with Gasteiger partial charge < -0.3 is 4.90 Å². The molecular weight excluding hydrogens is 362 g/mol. The van der Waals surface area contributed by atoms with Crippen LogP contribution in [0.5, 0.6) is 0 Å². The van der Waals surface area contributed by atoms with E-state index in [9.17, 15) is 0 Å². The standard InChI is InChI=1S/C29H27N/c1-3-30(4-2)28-19-18-24(22-14-9-6-10-15-22)29-25-17-11-16-23(26(25)20-27(28)29)21-12-7-5-8-13-21/h5-19H,3-4,20H2,1-2H3. The lowest BCUT2D eigenvalue weighted by Crippen LogP contribution is -2.23. The van der Waals surface area contributed by atoms with Crippen molar-refractivity contribution in [1.82, 2.24) is 0 Å². The molecule has 1 aliphatic rings. The number of hydrogen-bond donors (Lipinski definition) is 0. The van der Waals surface area contributed by atoms with Crippen LogP contribution in [0, 0.1) is 0 Å². The molecule has 0 aliphatic heterocycles. The zero-order chi connectivity index (χ0) is 20.5. The van der Waals surface area contributed by atoms with Crippen LogP contribution in [0.2, 0.25) is 0 Å². The van der Waals surface area contributed by atoms with E-state index >= 15 is 0 Å². The minimum atomic E-state index is 0.988. The van der Waals surface area contributed by atoms with Crippen molar-refractivity contribution in [2.24, 2.45) is 0 Å². The second-order valence-corrected chi connectivity index (χ2v) is 7.90. The summed E-state index contributed by atoms with van der Waals surface area (Å²) in [5.74, 6) is 0. The Labute approximate surface area is 179 Å². The second kappa shape index (κ2) is 7.84. The summed E-state index contributed by atoms with van der Waals surface area (Å²) >= 11 is 0. The van der Waals surface area contributed by atoms with Gasteiger partial charge in [-0.15, -0.1) is 0 Å². The van der Waals surface area contributed by atoms with Crippen molar-refractivity contribution in [1.29, 1.82) is 0 Å². The molecular formula is C29H27N. The van der Waals surface area contributed by atoms with E-state index in [-0.39, 0.29) is 0 Å². The van der Waals surface area contributed by atoms with Crippen LogP contribution in [0.3, 0.4) is 0 Å². The topological polar surface area (TPSA) is 3.24 Å². The fourth-order valence-corrected chi connectivity index (χ4v) is 4.92. The zero-order valence-corrected chi connectivity index (χ0v) is 17.7. The number of anilines is 1. The Bertz CT molecular complexity index is 1170. The average molecular weight is 390 g/mol. The van der Waals surface area contributed by atoms with Crippen LogP contribution in [0.15, 0.2) is 91.0 Å². The van der Waals surface area contributed by atoms with Crippen molar-refractivity contribution in [3.05, 3.63) is 102 Å². The molecule has 148 valence electrons. The summed E-state index contributed by atoms with van der Waals surface area (Å²) in [6.45, 7) is 6.54. The first kappa shape index (κ1) is 18.7. The summed E-state index contributed by atoms with van der Waals surface area (Å²) in [6, 6.07) is 33.1. The SMILES string of the molecule is CCN(CC)c1ccc(-c2ccccc2)c2c1Cc1c(-c3ccccc3)cccc1-2. The molecule has 30 heavy (non-hydrogen) atoms. The number of benzene rings is 4. The summed E-state index contributed by atoms with van der Waals surface area (Å²) in [4.78, 5) is 2.49. The molecule has 0 spiro atoms. The lowest BCUT2D eigenvalue weighted by Gasteiger charge is -2.25. The van der Waals surface area contributed by atoms with Gasteiger partial charge in [-0.3, -0.25) is 0 Å². The van der Waals surface area contributed by atoms with E-state index in [1.165, 1.54) is 50.2 Å². The quantitative estimate of drug-likeness (QED) is 0.302.